The number of halogens is 1. The van der Waals surface area contributed by atoms with Gasteiger partial charge < -0.3 is 4.74 Å². The quantitative estimate of drug-likeness (QED) is 0.667. The minimum Gasteiger partial charge on any atom is -0.496 e. The number of aromatic nitrogens is 3. The monoisotopic (exact) mass is 379 g/mol. The van der Waals surface area contributed by atoms with Crippen LogP contribution in [0.3, 0.4) is 0 Å². The SMILES string of the molecule is COc1ccc(Br)cc1C=c1sc2nc(=O)c(C)nn2c1=O. The predicted molar refractivity (Wildman–Crippen MR) is 87.6 cm³/mol. The molecule has 0 aliphatic rings. The molecule has 2 heterocycles. The molecule has 2 aromatic heterocycles. The van der Waals surface area contributed by atoms with E-state index in [1.54, 1.807) is 19.3 Å². The highest BCUT2D eigenvalue weighted by atomic mass is 79.9. The Kier molecular flexibility index (Phi) is 3.79. The minimum atomic E-state index is -0.423. The molecule has 0 amide bonds. The van der Waals surface area contributed by atoms with E-state index in [0.29, 0.717) is 10.3 Å². The van der Waals surface area contributed by atoms with Crippen LogP contribution in [0.25, 0.3) is 11.0 Å². The fourth-order valence-corrected chi connectivity index (χ4v) is 3.22. The van der Waals surface area contributed by atoms with Crippen LogP contribution < -0.4 is 20.4 Å². The molecule has 8 heteroatoms. The Morgan fingerprint density at radius 3 is 2.86 bits per heavy atom. The minimum absolute atomic E-state index is 0.194. The van der Waals surface area contributed by atoms with Crippen LogP contribution in [0, 0.1) is 6.92 Å². The van der Waals surface area contributed by atoms with Gasteiger partial charge in [0.05, 0.1) is 11.6 Å². The van der Waals surface area contributed by atoms with Gasteiger partial charge in [0, 0.05) is 10.0 Å². The molecule has 3 rings (SSSR count). The third kappa shape index (κ3) is 2.55. The van der Waals surface area contributed by atoms with E-state index in [9.17, 15) is 9.59 Å². The maximum absolute atomic E-state index is 12.4. The van der Waals surface area contributed by atoms with Crippen LogP contribution in [0.4, 0.5) is 0 Å². The molecule has 0 saturated heterocycles. The molecule has 0 unspecified atom stereocenters. The number of hydrogen-bond acceptors (Lipinski definition) is 6. The van der Waals surface area contributed by atoms with Gasteiger partial charge in [-0.15, -0.1) is 0 Å². The molecule has 0 atom stereocenters. The lowest BCUT2D eigenvalue weighted by molar-refractivity contribution is 0.414. The lowest BCUT2D eigenvalue weighted by Crippen LogP contribution is -2.27. The van der Waals surface area contributed by atoms with Crippen molar-refractivity contribution in [2.24, 2.45) is 0 Å². The second-order valence-corrected chi connectivity index (χ2v) is 6.42. The largest absolute Gasteiger partial charge is 0.496 e. The van der Waals surface area contributed by atoms with E-state index in [-0.39, 0.29) is 16.2 Å². The van der Waals surface area contributed by atoms with Crippen molar-refractivity contribution in [3.8, 4) is 5.75 Å². The average Bonchev–Trinajstić information content (AvgIpc) is 2.76. The highest BCUT2D eigenvalue weighted by molar-refractivity contribution is 9.10. The van der Waals surface area contributed by atoms with Crippen molar-refractivity contribution in [1.29, 1.82) is 0 Å². The number of methoxy groups -OCH3 is 1. The molecule has 0 N–H and O–H groups in total. The first-order valence-corrected chi connectivity index (χ1v) is 7.86. The number of fused-ring (bicyclic) bond motifs is 1. The average molecular weight is 380 g/mol. The van der Waals surface area contributed by atoms with Crippen LogP contribution >= 0.6 is 27.3 Å². The van der Waals surface area contributed by atoms with Crippen LogP contribution in [0.5, 0.6) is 5.75 Å². The summed E-state index contributed by atoms with van der Waals surface area (Å²) in [7, 11) is 1.56. The van der Waals surface area contributed by atoms with E-state index >= 15 is 0 Å². The van der Waals surface area contributed by atoms with Gasteiger partial charge in [0.1, 0.15) is 11.4 Å². The first-order chi connectivity index (χ1) is 10.5. The van der Waals surface area contributed by atoms with Crippen molar-refractivity contribution in [2.75, 3.05) is 7.11 Å². The smallest absolute Gasteiger partial charge is 0.295 e. The van der Waals surface area contributed by atoms with Crippen LogP contribution in [-0.2, 0) is 0 Å². The standard InChI is InChI=1S/C14H10BrN3O3S/c1-7-12(19)16-14-18(17-7)13(20)11(22-14)6-8-5-9(15)3-4-10(8)21-2/h3-6H,1-2H3. The van der Waals surface area contributed by atoms with Crippen LogP contribution in [0.15, 0.2) is 32.3 Å². The molecule has 0 spiro atoms. The van der Waals surface area contributed by atoms with Gasteiger partial charge >= 0.3 is 0 Å². The molecule has 112 valence electrons. The Morgan fingerprint density at radius 2 is 2.14 bits per heavy atom. The van der Waals surface area contributed by atoms with Crippen molar-refractivity contribution >= 4 is 38.3 Å². The van der Waals surface area contributed by atoms with Crippen molar-refractivity contribution in [3.63, 3.8) is 0 Å². The Bertz CT molecular complexity index is 1040. The maximum Gasteiger partial charge on any atom is 0.295 e. The molecule has 1 aromatic carbocycles. The van der Waals surface area contributed by atoms with Crippen molar-refractivity contribution in [2.45, 2.75) is 6.92 Å². The van der Waals surface area contributed by atoms with Gasteiger partial charge in [-0.3, -0.25) is 9.59 Å². The first-order valence-electron chi connectivity index (χ1n) is 6.25. The number of hydrogen-bond donors (Lipinski definition) is 0. The second-order valence-electron chi connectivity index (χ2n) is 4.50. The predicted octanol–water partition coefficient (Wildman–Crippen LogP) is 1.14. The summed E-state index contributed by atoms with van der Waals surface area (Å²) in [6.07, 6.45) is 1.70. The third-order valence-electron chi connectivity index (χ3n) is 3.02. The number of rotatable bonds is 2. The van der Waals surface area contributed by atoms with Gasteiger partial charge in [-0.25, -0.2) is 0 Å². The van der Waals surface area contributed by atoms with E-state index in [1.165, 1.54) is 6.92 Å². The van der Waals surface area contributed by atoms with Gasteiger partial charge in [0.25, 0.3) is 11.1 Å². The lowest BCUT2D eigenvalue weighted by Gasteiger charge is -2.04. The molecule has 0 aliphatic carbocycles. The Hall–Kier alpha value is -2.06. The van der Waals surface area contributed by atoms with Crippen molar-refractivity contribution < 1.29 is 4.74 Å². The molecule has 0 saturated carbocycles. The summed E-state index contributed by atoms with van der Waals surface area (Å²) in [6, 6.07) is 5.50. The molecular formula is C14H10BrN3O3S. The summed E-state index contributed by atoms with van der Waals surface area (Å²) < 4.78 is 7.74. The second kappa shape index (κ2) is 5.62. The van der Waals surface area contributed by atoms with Crippen molar-refractivity contribution in [3.05, 3.63) is 59.2 Å². The number of nitrogens with zero attached hydrogens (tertiary/aromatic N) is 3. The third-order valence-corrected chi connectivity index (χ3v) is 4.47. The molecule has 6 nitrogen and oxygen atoms in total. The van der Waals surface area contributed by atoms with Gasteiger partial charge in [-0.1, -0.05) is 27.3 Å². The van der Waals surface area contributed by atoms with Crippen molar-refractivity contribution in [1.82, 2.24) is 14.6 Å². The Balaban J connectivity index is 2.31. The summed E-state index contributed by atoms with van der Waals surface area (Å²) >= 11 is 4.51. The maximum atomic E-state index is 12.4. The molecular weight excluding hydrogens is 370 g/mol. The van der Waals surface area contributed by atoms with Crippen LogP contribution in [0.1, 0.15) is 11.3 Å². The number of aryl methyl sites for hydroxylation is 1. The Morgan fingerprint density at radius 1 is 1.36 bits per heavy atom. The first kappa shape index (κ1) is 14.9. The summed E-state index contributed by atoms with van der Waals surface area (Å²) in [5.41, 5.74) is 0.213. The van der Waals surface area contributed by atoms with Crippen LogP contribution in [0.2, 0.25) is 0 Å². The van der Waals surface area contributed by atoms with Gasteiger partial charge in [0.15, 0.2) is 0 Å². The fraction of sp³-hybridized carbons (Fsp3) is 0.143. The van der Waals surface area contributed by atoms with Gasteiger partial charge in [0.2, 0.25) is 4.96 Å². The molecule has 3 aromatic rings. The highest BCUT2D eigenvalue weighted by Gasteiger charge is 2.09. The van der Waals surface area contributed by atoms with E-state index in [2.05, 4.69) is 26.0 Å². The van der Waals surface area contributed by atoms with E-state index in [1.807, 2.05) is 12.1 Å². The van der Waals surface area contributed by atoms with Gasteiger partial charge in [-0.05, 0) is 31.2 Å². The lowest BCUT2D eigenvalue weighted by atomic mass is 10.2. The zero-order valence-corrected chi connectivity index (χ0v) is 14.1. The molecule has 22 heavy (non-hydrogen) atoms. The Labute approximate surface area is 136 Å². The summed E-state index contributed by atoms with van der Waals surface area (Å²) in [6.45, 7) is 1.53. The molecule has 0 fully saturated rings. The summed E-state index contributed by atoms with van der Waals surface area (Å²) in [5.74, 6) is 0.645. The van der Waals surface area contributed by atoms with Gasteiger partial charge in [-0.2, -0.15) is 14.6 Å². The highest BCUT2D eigenvalue weighted by Crippen LogP contribution is 2.23. The molecule has 0 bridgehead atoms. The van der Waals surface area contributed by atoms with E-state index in [0.717, 1.165) is 25.9 Å². The number of benzene rings is 1. The number of ether oxygens (including phenoxy) is 1. The zero-order valence-electron chi connectivity index (χ0n) is 11.7. The topological polar surface area (TPSA) is 73.6 Å². The number of thiazole rings is 1. The molecule has 0 radical (unpaired) electrons. The van der Waals surface area contributed by atoms with E-state index < -0.39 is 5.56 Å². The van der Waals surface area contributed by atoms with Crippen LogP contribution in [-0.4, -0.2) is 21.7 Å². The summed E-state index contributed by atoms with van der Waals surface area (Å²) in [5, 5.41) is 3.98. The molecule has 0 aliphatic heterocycles. The normalized spacial score (nSPS) is 12.0. The zero-order chi connectivity index (χ0) is 15.9. The summed E-state index contributed by atoms with van der Waals surface area (Å²) in [4.78, 5) is 28.0. The van der Waals surface area contributed by atoms with E-state index in [4.69, 9.17) is 4.74 Å². The fourth-order valence-electron chi connectivity index (χ4n) is 1.95.